The number of nitrogens with zero attached hydrogens (tertiary/aromatic N) is 1. The van der Waals surface area contributed by atoms with Crippen LogP contribution in [0.2, 0.25) is 0 Å². The van der Waals surface area contributed by atoms with Gasteiger partial charge in [0.2, 0.25) is 6.29 Å². The maximum Gasteiger partial charge on any atom is 0.253 e. The smallest absolute Gasteiger partial charge is 0.253 e. The summed E-state index contributed by atoms with van der Waals surface area (Å²) >= 11 is 0. The monoisotopic (exact) mass is 491 g/mol. The van der Waals surface area contributed by atoms with Gasteiger partial charge in [0.25, 0.3) is 5.91 Å². The van der Waals surface area contributed by atoms with Gasteiger partial charge in [-0.15, -0.1) is 6.58 Å². The molecule has 4 aliphatic heterocycles. The fourth-order valence-electron chi connectivity index (χ4n) is 5.55. The number of phenols is 2. The lowest BCUT2D eigenvalue weighted by Crippen LogP contribution is -2.60. The number of carbonyl (C=O) groups excluding carboxylic acids is 1. The molecule has 9 atom stereocenters. The summed E-state index contributed by atoms with van der Waals surface area (Å²) in [6.07, 6.45) is -4.35. The molecule has 0 bridgehead atoms. The van der Waals surface area contributed by atoms with Gasteiger partial charge in [-0.2, -0.15) is 0 Å². The molecule has 6 N–H and O–H groups in total. The summed E-state index contributed by atoms with van der Waals surface area (Å²) in [7, 11) is 0. The number of hydrogen-bond acceptors (Lipinski definition) is 10. The Morgan fingerprint density at radius 3 is 2.57 bits per heavy atom. The maximum absolute atomic E-state index is 13.4. The highest BCUT2D eigenvalue weighted by Gasteiger charge is 2.50. The molecule has 4 aliphatic rings. The van der Waals surface area contributed by atoms with E-state index < -0.39 is 49.5 Å². The van der Waals surface area contributed by atoms with Crippen LogP contribution >= 0.6 is 0 Å². The van der Waals surface area contributed by atoms with Crippen molar-refractivity contribution in [2.24, 2.45) is 11.8 Å². The highest BCUT2D eigenvalue weighted by molar-refractivity contribution is 5.95. The van der Waals surface area contributed by atoms with Crippen LogP contribution in [0.3, 0.4) is 0 Å². The zero-order chi connectivity index (χ0) is 25.0. The first-order valence-electron chi connectivity index (χ1n) is 11.5. The lowest BCUT2D eigenvalue weighted by molar-refractivity contribution is -0.339. The lowest BCUT2D eigenvalue weighted by Gasteiger charge is -2.48. The molecule has 4 heterocycles. The van der Waals surface area contributed by atoms with Gasteiger partial charge in [-0.3, -0.25) is 4.79 Å². The second-order valence-electron chi connectivity index (χ2n) is 9.37. The fraction of sp³-hybridized carbons (Fsp3) is 0.542. The molecule has 11 nitrogen and oxygen atoms in total. The molecule has 0 saturated carbocycles. The number of carbonyl (C=O) groups is 1. The summed E-state index contributed by atoms with van der Waals surface area (Å²) in [6.45, 7) is 3.73. The number of rotatable bonds is 4. The fourth-order valence-corrected chi connectivity index (χ4v) is 5.55. The summed E-state index contributed by atoms with van der Waals surface area (Å²) in [5, 5.41) is 59.9. The van der Waals surface area contributed by atoms with E-state index in [4.69, 9.17) is 14.2 Å². The van der Waals surface area contributed by atoms with Crippen molar-refractivity contribution >= 4 is 5.91 Å². The van der Waals surface area contributed by atoms with Gasteiger partial charge in [0.05, 0.1) is 24.5 Å². The summed E-state index contributed by atoms with van der Waals surface area (Å²) < 4.78 is 17.0. The number of aliphatic hydroxyl groups is 4. The van der Waals surface area contributed by atoms with E-state index in [9.17, 15) is 35.4 Å². The molecule has 35 heavy (non-hydrogen) atoms. The van der Waals surface area contributed by atoms with E-state index in [-0.39, 0.29) is 29.4 Å². The van der Waals surface area contributed by atoms with E-state index in [1.165, 1.54) is 18.4 Å². The number of amides is 1. The first kappa shape index (κ1) is 24.0. The third-order valence-electron chi connectivity index (χ3n) is 7.48. The average molecular weight is 491 g/mol. The van der Waals surface area contributed by atoms with Gasteiger partial charge in [0.1, 0.15) is 24.4 Å². The topological polar surface area (TPSA) is 169 Å². The highest BCUT2D eigenvalue weighted by atomic mass is 16.8. The van der Waals surface area contributed by atoms with Gasteiger partial charge >= 0.3 is 0 Å². The van der Waals surface area contributed by atoms with Crippen LogP contribution < -0.4 is 0 Å². The van der Waals surface area contributed by atoms with E-state index in [1.54, 1.807) is 11.0 Å². The van der Waals surface area contributed by atoms with Crippen molar-refractivity contribution in [1.82, 2.24) is 4.90 Å². The summed E-state index contributed by atoms with van der Waals surface area (Å²) in [5.41, 5.74) is 2.07. The number of hydrogen-bond donors (Lipinski definition) is 6. The van der Waals surface area contributed by atoms with Gasteiger partial charge in [-0.25, -0.2) is 0 Å². The molecule has 190 valence electrons. The van der Waals surface area contributed by atoms with Gasteiger partial charge in [0.15, 0.2) is 17.8 Å². The number of ether oxygens (including phenoxy) is 3. The number of fused-ring (bicyclic) bond motifs is 4. The molecule has 0 aromatic heterocycles. The van der Waals surface area contributed by atoms with Crippen molar-refractivity contribution in [1.29, 1.82) is 0 Å². The summed E-state index contributed by atoms with van der Waals surface area (Å²) in [6, 6.07) is 2.68. The number of phenolic OH excluding ortho intramolecular Hbond substituents is 2. The summed E-state index contributed by atoms with van der Waals surface area (Å²) in [5.74, 6) is -1.57. The van der Waals surface area contributed by atoms with E-state index in [0.717, 1.165) is 11.1 Å². The van der Waals surface area contributed by atoms with E-state index in [2.05, 4.69) is 6.58 Å². The third kappa shape index (κ3) is 3.88. The molecule has 1 amide bonds. The van der Waals surface area contributed by atoms with Crippen LogP contribution in [0.15, 0.2) is 36.6 Å². The minimum absolute atomic E-state index is 0.206. The normalized spacial score (nSPS) is 38.5. The predicted octanol–water partition coefficient (Wildman–Crippen LogP) is -0.598. The molecular weight excluding hydrogens is 462 g/mol. The van der Waals surface area contributed by atoms with Gasteiger partial charge < -0.3 is 49.7 Å². The van der Waals surface area contributed by atoms with Crippen LogP contribution in [0.1, 0.15) is 23.6 Å². The van der Waals surface area contributed by atoms with E-state index >= 15 is 0 Å². The van der Waals surface area contributed by atoms with E-state index in [1.807, 2.05) is 0 Å². The molecule has 0 unspecified atom stereocenters. The Morgan fingerprint density at radius 2 is 1.86 bits per heavy atom. The number of piperidine rings is 1. The SMILES string of the molecule is C=C[C@H]1[C@H](O[C@@H]2O[C@H](CO)[C@@H](O)[C@H](O)[C@H]2O)OC=C2C(=O)N3CCc4cc(O)c(O)cc4[C@H]3C[C@H]21. The molecule has 5 rings (SSSR count). The Kier molecular flexibility index (Phi) is 6.24. The Labute approximate surface area is 201 Å². The Hall–Kier alpha value is -2.67. The Morgan fingerprint density at radius 1 is 1.11 bits per heavy atom. The molecule has 0 spiro atoms. The minimum atomic E-state index is -1.60. The molecular formula is C24H29NO10. The second-order valence-corrected chi connectivity index (χ2v) is 9.37. The molecule has 2 saturated heterocycles. The molecule has 0 radical (unpaired) electrons. The van der Waals surface area contributed by atoms with Crippen LogP contribution in [-0.4, -0.2) is 91.6 Å². The largest absolute Gasteiger partial charge is 0.504 e. The Balaban J connectivity index is 1.41. The lowest BCUT2D eigenvalue weighted by atomic mass is 9.73. The predicted molar refractivity (Wildman–Crippen MR) is 118 cm³/mol. The zero-order valence-electron chi connectivity index (χ0n) is 18.8. The average Bonchev–Trinajstić information content (AvgIpc) is 2.85. The minimum Gasteiger partial charge on any atom is -0.504 e. The number of benzene rings is 1. The van der Waals surface area contributed by atoms with Crippen LogP contribution in [0, 0.1) is 11.8 Å². The first-order valence-corrected chi connectivity index (χ1v) is 11.5. The maximum atomic E-state index is 13.4. The van der Waals surface area contributed by atoms with Crippen molar-refractivity contribution in [2.45, 2.75) is 55.9 Å². The van der Waals surface area contributed by atoms with Crippen molar-refractivity contribution in [2.75, 3.05) is 13.2 Å². The number of aliphatic hydroxyl groups excluding tert-OH is 4. The van der Waals surface area contributed by atoms with Gasteiger partial charge in [-0.05, 0) is 36.1 Å². The standard InChI is InChI=1S/C24H29NO10/c1-2-11-13-6-15-12-7-17(28)16(27)5-10(12)3-4-25(15)22(32)14(13)9-33-23(11)35-24-21(31)20(30)19(29)18(8-26)34-24/h2,5,7,9,11,13,15,18-21,23-24,26-31H,1,3-4,6,8H2/t11-,13+,15-,18-,19-,20+,21-,23+,24+/m1/s1. The van der Waals surface area contributed by atoms with Crippen LogP contribution in [0.25, 0.3) is 0 Å². The van der Waals surface area contributed by atoms with Crippen molar-refractivity contribution in [3.05, 3.63) is 47.7 Å². The van der Waals surface area contributed by atoms with Crippen molar-refractivity contribution in [3.8, 4) is 11.5 Å². The molecule has 0 aliphatic carbocycles. The van der Waals surface area contributed by atoms with Gasteiger partial charge in [-0.1, -0.05) is 6.08 Å². The van der Waals surface area contributed by atoms with Crippen LogP contribution in [-0.2, 0) is 25.4 Å². The zero-order valence-corrected chi connectivity index (χ0v) is 18.8. The highest BCUT2D eigenvalue weighted by Crippen LogP contribution is 2.49. The summed E-state index contributed by atoms with van der Waals surface area (Å²) in [4.78, 5) is 15.1. The molecule has 1 aromatic carbocycles. The van der Waals surface area contributed by atoms with Crippen molar-refractivity contribution in [3.63, 3.8) is 0 Å². The van der Waals surface area contributed by atoms with Gasteiger partial charge in [0, 0.05) is 18.4 Å². The quantitative estimate of drug-likeness (QED) is 0.236. The Bertz CT molecular complexity index is 1040. The second kappa shape index (κ2) is 9.08. The molecule has 11 heteroatoms. The molecule has 2 fully saturated rings. The van der Waals surface area contributed by atoms with Crippen LogP contribution in [0.5, 0.6) is 11.5 Å². The van der Waals surface area contributed by atoms with E-state index in [0.29, 0.717) is 25.0 Å². The molecule has 1 aromatic rings. The van der Waals surface area contributed by atoms with Crippen molar-refractivity contribution < 1.29 is 49.6 Å². The van der Waals surface area contributed by atoms with Crippen LogP contribution in [0.4, 0.5) is 0 Å². The number of aromatic hydroxyl groups is 2. The first-order chi connectivity index (χ1) is 16.7. The third-order valence-corrected chi connectivity index (χ3v) is 7.48.